The minimum absolute atomic E-state index is 0.0598. The molecule has 0 aliphatic carbocycles. The molecule has 0 heterocycles. The van der Waals surface area contributed by atoms with Gasteiger partial charge in [-0.25, -0.2) is 0 Å². The van der Waals surface area contributed by atoms with Crippen LogP contribution >= 0.6 is 11.8 Å². The summed E-state index contributed by atoms with van der Waals surface area (Å²) in [5.74, 6) is 0.956. The van der Waals surface area contributed by atoms with Crippen LogP contribution in [0.3, 0.4) is 0 Å². The number of nitrogens with one attached hydrogen (secondary N) is 1. The van der Waals surface area contributed by atoms with E-state index in [4.69, 9.17) is 5.73 Å². The van der Waals surface area contributed by atoms with Gasteiger partial charge in [-0.1, -0.05) is 26.0 Å². The van der Waals surface area contributed by atoms with Gasteiger partial charge in [-0.15, -0.1) is 11.8 Å². The molecule has 0 atom stereocenters. The first-order valence-corrected chi connectivity index (χ1v) is 6.74. The summed E-state index contributed by atoms with van der Waals surface area (Å²) in [7, 11) is 0. The van der Waals surface area contributed by atoms with Gasteiger partial charge in [0.25, 0.3) is 0 Å². The summed E-state index contributed by atoms with van der Waals surface area (Å²) in [6.07, 6.45) is 0. The van der Waals surface area contributed by atoms with Crippen LogP contribution in [0.1, 0.15) is 19.4 Å². The molecule has 1 aromatic rings. The fourth-order valence-corrected chi connectivity index (χ4v) is 2.17. The molecule has 0 unspecified atom stereocenters. The van der Waals surface area contributed by atoms with Crippen molar-refractivity contribution in [2.45, 2.75) is 25.7 Å². The second-order valence-corrected chi connectivity index (χ2v) is 5.49. The van der Waals surface area contributed by atoms with Gasteiger partial charge in [-0.2, -0.15) is 0 Å². The molecule has 0 bridgehead atoms. The monoisotopic (exact) mass is 252 g/mol. The molecule has 3 nitrogen and oxygen atoms in total. The van der Waals surface area contributed by atoms with E-state index in [-0.39, 0.29) is 5.91 Å². The van der Waals surface area contributed by atoms with E-state index in [1.54, 1.807) is 0 Å². The average molecular weight is 252 g/mol. The second kappa shape index (κ2) is 6.55. The molecule has 3 N–H and O–H groups in total. The summed E-state index contributed by atoms with van der Waals surface area (Å²) in [6, 6.07) is 5.88. The summed E-state index contributed by atoms with van der Waals surface area (Å²) in [4.78, 5) is 12.5. The Kier molecular flexibility index (Phi) is 5.35. The number of carbonyl (C=O) groups is 1. The third-order valence-corrected chi connectivity index (χ3v) is 3.42. The van der Waals surface area contributed by atoms with E-state index in [1.165, 1.54) is 11.8 Å². The Balaban J connectivity index is 2.45. The molecular formula is C13H20N2OS. The normalized spacial score (nSPS) is 10.6. The molecule has 0 spiro atoms. The maximum atomic E-state index is 11.5. The molecule has 0 saturated heterocycles. The lowest BCUT2D eigenvalue weighted by Gasteiger charge is -2.09. The van der Waals surface area contributed by atoms with E-state index in [2.05, 4.69) is 19.2 Å². The molecule has 0 aliphatic rings. The highest BCUT2D eigenvalue weighted by molar-refractivity contribution is 8.00. The summed E-state index contributed by atoms with van der Waals surface area (Å²) in [5.41, 5.74) is 7.76. The number of hydrogen-bond donors (Lipinski definition) is 2. The molecule has 17 heavy (non-hydrogen) atoms. The molecule has 0 aromatic heterocycles. The van der Waals surface area contributed by atoms with Gasteiger partial charge in [0.2, 0.25) is 5.91 Å². The smallest absolute Gasteiger partial charge is 0.230 e. The van der Waals surface area contributed by atoms with Crippen molar-refractivity contribution in [2.24, 2.45) is 5.92 Å². The second-order valence-electron chi connectivity index (χ2n) is 4.47. The zero-order valence-corrected chi connectivity index (χ0v) is 11.4. The largest absolute Gasteiger partial charge is 0.398 e. The van der Waals surface area contributed by atoms with Gasteiger partial charge in [0.15, 0.2) is 0 Å². The molecule has 4 heteroatoms. The average Bonchev–Trinajstić information content (AvgIpc) is 2.28. The highest BCUT2D eigenvalue weighted by Crippen LogP contribution is 2.26. The molecule has 1 rings (SSSR count). The van der Waals surface area contributed by atoms with E-state index in [0.717, 1.165) is 22.7 Å². The van der Waals surface area contributed by atoms with Gasteiger partial charge >= 0.3 is 0 Å². The lowest BCUT2D eigenvalue weighted by atomic mass is 10.2. The van der Waals surface area contributed by atoms with Gasteiger partial charge in [0, 0.05) is 17.1 Å². The quantitative estimate of drug-likeness (QED) is 0.625. The highest BCUT2D eigenvalue weighted by atomic mass is 32.2. The van der Waals surface area contributed by atoms with Crippen LogP contribution in [0.4, 0.5) is 5.69 Å². The Hall–Kier alpha value is -1.16. The number of nitrogens with two attached hydrogens (primary N) is 1. The number of benzene rings is 1. The number of para-hydroxylation sites is 1. The summed E-state index contributed by atoms with van der Waals surface area (Å²) < 4.78 is 0. The molecule has 0 saturated carbocycles. The molecule has 1 aromatic carbocycles. The SMILES string of the molecule is Cc1cccc(SCC(=O)NCC(C)C)c1N. The van der Waals surface area contributed by atoms with Crippen molar-refractivity contribution < 1.29 is 4.79 Å². The predicted octanol–water partition coefficient (Wildman–Crippen LogP) is 2.44. The van der Waals surface area contributed by atoms with Gasteiger partial charge in [-0.05, 0) is 24.5 Å². The van der Waals surface area contributed by atoms with E-state index in [0.29, 0.717) is 11.7 Å². The zero-order valence-electron chi connectivity index (χ0n) is 10.6. The van der Waals surface area contributed by atoms with Crippen LogP contribution in [0.2, 0.25) is 0 Å². The number of aryl methyl sites for hydroxylation is 1. The van der Waals surface area contributed by atoms with Crippen molar-refractivity contribution >= 4 is 23.4 Å². The molecule has 0 fully saturated rings. The third-order valence-electron chi connectivity index (χ3n) is 2.35. The van der Waals surface area contributed by atoms with Crippen molar-refractivity contribution in [2.75, 3.05) is 18.0 Å². The zero-order chi connectivity index (χ0) is 12.8. The van der Waals surface area contributed by atoms with Crippen LogP contribution < -0.4 is 11.1 Å². The fourth-order valence-electron chi connectivity index (χ4n) is 1.29. The van der Waals surface area contributed by atoms with E-state index in [9.17, 15) is 4.79 Å². The molecule has 0 aliphatic heterocycles. The number of anilines is 1. The van der Waals surface area contributed by atoms with Crippen LogP contribution in [0.25, 0.3) is 0 Å². The van der Waals surface area contributed by atoms with E-state index >= 15 is 0 Å². The number of carbonyl (C=O) groups excluding carboxylic acids is 1. The first-order chi connectivity index (χ1) is 8.00. The summed E-state index contributed by atoms with van der Waals surface area (Å²) in [6.45, 7) is 6.85. The van der Waals surface area contributed by atoms with Gasteiger partial charge in [0.1, 0.15) is 0 Å². The fraction of sp³-hybridized carbons (Fsp3) is 0.462. The molecule has 0 radical (unpaired) electrons. The van der Waals surface area contributed by atoms with Crippen molar-refractivity contribution in [1.82, 2.24) is 5.32 Å². The van der Waals surface area contributed by atoms with Gasteiger partial charge in [0.05, 0.1) is 5.75 Å². The predicted molar refractivity (Wildman–Crippen MR) is 74.2 cm³/mol. The Labute approximate surface area is 107 Å². The Bertz CT molecular complexity index is 391. The van der Waals surface area contributed by atoms with Crippen molar-refractivity contribution in [1.29, 1.82) is 0 Å². The lowest BCUT2D eigenvalue weighted by Crippen LogP contribution is -2.28. The highest BCUT2D eigenvalue weighted by Gasteiger charge is 2.06. The molecule has 1 amide bonds. The first-order valence-electron chi connectivity index (χ1n) is 5.75. The number of hydrogen-bond acceptors (Lipinski definition) is 3. The Morgan fingerprint density at radius 3 is 2.82 bits per heavy atom. The summed E-state index contributed by atoms with van der Waals surface area (Å²) >= 11 is 1.48. The van der Waals surface area contributed by atoms with Gasteiger partial charge < -0.3 is 11.1 Å². The van der Waals surface area contributed by atoms with Crippen molar-refractivity contribution in [3.8, 4) is 0 Å². The van der Waals surface area contributed by atoms with Crippen LogP contribution in [0.15, 0.2) is 23.1 Å². The molecular weight excluding hydrogens is 232 g/mol. The first kappa shape index (κ1) is 13.9. The maximum absolute atomic E-state index is 11.5. The van der Waals surface area contributed by atoms with Gasteiger partial charge in [-0.3, -0.25) is 4.79 Å². The van der Waals surface area contributed by atoms with Crippen LogP contribution in [-0.4, -0.2) is 18.2 Å². The van der Waals surface area contributed by atoms with Crippen LogP contribution in [0, 0.1) is 12.8 Å². The Morgan fingerprint density at radius 1 is 1.47 bits per heavy atom. The maximum Gasteiger partial charge on any atom is 0.230 e. The van der Waals surface area contributed by atoms with Crippen LogP contribution in [-0.2, 0) is 4.79 Å². The number of thioether (sulfide) groups is 1. The molecule has 94 valence electrons. The van der Waals surface area contributed by atoms with E-state index in [1.807, 2.05) is 25.1 Å². The minimum Gasteiger partial charge on any atom is -0.398 e. The topological polar surface area (TPSA) is 55.1 Å². The Morgan fingerprint density at radius 2 is 2.18 bits per heavy atom. The van der Waals surface area contributed by atoms with Crippen LogP contribution in [0.5, 0.6) is 0 Å². The number of nitrogen functional groups attached to an aromatic ring is 1. The van der Waals surface area contributed by atoms with Crippen molar-refractivity contribution in [3.05, 3.63) is 23.8 Å². The number of rotatable bonds is 5. The summed E-state index contributed by atoms with van der Waals surface area (Å²) in [5, 5.41) is 2.89. The third kappa shape index (κ3) is 4.69. The lowest BCUT2D eigenvalue weighted by molar-refractivity contribution is -0.118. The standard InChI is InChI=1S/C13H20N2OS/c1-9(2)7-15-12(16)8-17-11-6-4-5-10(3)13(11)14/h4-6,9H,7-8,14H2,1-3H3,(H,15,16). The minimum atomic E-state index is 0.0598. The van der Waals surface area contributed by atoms with E-state index < -0.39 is 0 Å². The number of amides is 1. The van der Waals surface area contributed by atoms with Crippen molar-refractivity contribution in [3.63, 3.8) is 0 Å².